The van der Waals surface area contributed by atoms with Crippen LogP contribution in [0.1, 0.15) is 57.4 Å². The van der Waals surface area contributed by atoms with Gasteiger partial charge in [-0.2, -0.15) is 0 Å². The van der Waals surface area contributed by atoms with E-state index in [1.807, 2.05) is 12.1 Å². The molecule has 3 heteroatoms. The third-order valence-electron chi connectivity index (χ3n) is 4.19. The Hall–Kier alpha value is -1.35. The first-order valence-electron chi connectivity index (χ1n) is 8.37. The highest BCUT2D eigenvalue weighted by atomic mass is 16.1. The third kappa shape index (κ3) is 5.88. The lowest BCUT2D eigenvalue weighted by Crippen LogP contribution is -2.18. The topological polar surface area (TPSA) is 41.1 Å². The van der Waals surface area contributed by atoms with E-state index in [1.165, 1.54) is 37.7 Å². The smallest absolute Gasteiger partial charge is 0.224 e. The van der Waals surface area contributed by atoms with Gasteiger partial charge >= 0.3 is 0 Å². The van der Waals surface area contributed by atoms with E-state index in [4.69, 9.17) is 0 Å². The second kappa shape index (κ2) is 8.83. The maximum absolute atomic E-state index is 12.1. The highest BCUT2D eigenvalue weighted by Gasteiger charge is 2.16. The molecule has 1 aliphatic carbocycles. The summed E-state index contributed by atoms with van der Waals surface area (Å²) in [7, 11) is 0. The van der Waals surface area contributed by atoms with Crippen LogP contribution < -0.4 is 10.6 Å². The molecule has 0 bridgehead atoms. The predicted octanol–water partition coefficient (Wildman–Crippen LogP) is 4.10. The van der Waals surface area contributed by atoms with Crippen molar-refractivity contribution >= 4 is 11.6 Å². The molecule has 1 amide bonds. The summed E-state index contributed by atoms with van der Waals surface area (Å²) in [5, 5.41) is 6.40. The van der Waals surface area contributed by atoms with Crippen LogP contribution in [-0.4, -0.2) is 12.5 Å². The molecule has 1 saturated carbocycles. The van der Waals surface area contributed by atoms with E-state index in [0.29, 0.717) is 12.3 Å². The standard InChI is InChI=1S/C18H28N2O/c1-2-12-19-14-16-8-10-17(11-9-16)20-18(21)13-15-6-4-3-5-7-15/h8-11,15,19H,2-7,12-14H2,1H3,(H,20,21). The zero-order valence-electron chi connectivity index (χ0n) is 13.2. The zero-order chi connectivity index (χ0) is 14.9. The number of hydrogen-bond donors (Lipinski definition) is 2. The van der Waals surface area contributed by atoms with Crippen molar-refractivity contribution < 1.29 is 4.79 Å². The highest BCUT2D eigenvalue weighted by molar-refractivity contribution is 5.90. The number of carbonyl (C=O) groups excluding carboxylic acids is 1. The Balaban J connectivity index is 1.75. The average Bonchev–Trinajstić information content (AvgIpc) is 2.50. The van der Waals surface area contributed by atoms with Gasteiger partial charge in [-0.15, -0.1) is 0 Å². The van der Waals surface area contributed by atoms with Gasteiger partial charge in [-0.25, -0.2) is 0 Å². The number of hydrogen-bond acceptors (Lipinski definition) is 2. The molecular formula is C18H28N2O. The summed E-state index contributed by atoms with van der Waals surface area (Å²) in [5.41, 5.74) is 2.17. The number of carbonyl (C=O) groups is 1. The highest BCUT2D eigenvalue weighted by Crippen LogP contribution is 2.26. The lowest BCUT2D eigenvalue weighted by Gasteiger charge is -2.20. The summed E-state index contributed by atoms with van der Waals surface area (Å²) < 4.78 is 0. The number of amides is 1. The second-order valence-electron chi connectivity index (χ2n) is 6.13. The number of anilines is 1. The lowest BCUT2D eigenvalue weighted by atomic mass is 9.87. The molecule has 0 atom stereocenters. The van der Waals surface area contributed by atoms with Crippen molar-refractivity contribution in [2.45, 2.75) is 58.4 Å². The van der Waals surface area contributed by atoms with Crippen LogP contribution >= 0.6 is 0 Å². The minimum absolute atomic E-state index is 0.166. The average molecular weight is 288 g/mol. The quantitative estimate of drug-likeness (QED) is 0.742. The SMILES string of the molecule is CCCNCc1ccc(NC(=O)CC2CCCCC2)cc1. The van der Waals surface area contributed by atoms with Gasteiger partial charge in [-0.3, -0.25) is 4.79 Å². The molecule has 0 radical (unpaired) electrons. The fraction of sp³-hybridized carbons (Fsp3) is 0.611. The Morgan fingerprint density at radius 3 is 2.52 bits per heavy atom. The Bertz CT molecular complexity index is 421. The number of nitrogens with one attached hydrogen (secondary N) is 2. The monoisotopic (exact) mass is 288 g/mol. The maximum Gasteiger partial charge on any atom is 0.224 e. The van der Waals surface area contributed by atoms with E-state index < -0.39 is 0 Å². The van der Waals surface area contributed by atoms with E-state index in [9.17, 15) is 4.79 Å². The molecule has 0 aromatic heterocycles. The second-order valence-corrected chi connectivity index (χ2v) is 6.13. The molecule has 0 spiro atoms. The molecule has 1 aromatic rings. The van der Waals surface area contributed by atoms with Crippen LogP contribution in [0.25, 0.3) is 0 Å². The summed E-state index contributed by atoms with van der Waals surface area (Å²) in [4.78, 5) is 12.1. The summed E-state index contributed by atoms with van der Waals surface area (Å²) in [6.45, 7) is 4.10. The molecule has 2 rings (SSSR count). The van der Waals surface area contributed by atoms with Gasteiger partial charge in [0.1, 0.15) is 0 Å². The molecule has 0 saturated heterocycles. The van der Waals surface area contributed by atoms with Gasteiger partial charge < -0.3 is 10.6 Å². The molecule has 0 heterocycles. The lowest BCUT2D eigenvalue weighted by molar-refractivity contribution is -0.117. The van der Waals surface area contributed by atoms with Crippen molar-refractivity contribution in [3.8, 4) is 0 Å². The van der Waals surface area contributed by atoms with E-state index in [0.717, 1.165) is 25.2 Å². The molecular weight excluding hydrogens is 260 g/mol. The van der Waals surface area contributed by atoms with Gasteiger partial charge in [-0.05, 0) is 49.4 Å². The van der Waals surface area contributed by atoms with Crippen LogP contribution in [0.15, 0.2) is 24.3 Å². The van der Waals surface area contributed by atoms with Gasteiger partial charge in [0, 0.05) is 18.7 Å². The van der Waals surface area contributed by atoms with Gasteiger partial charge in [0.25, 0.3) is 0 Å². The summed E-state index contributed by atoms with van der Waals surface area (Å²) in [6.07, 6.45) is 8.18. The predicted molar refractivity (Wildman–Crippen MR) is 88.3 cm³/mol. The zero-order valence-corrected chi connectivity index (χ0v) is 13.2. The van der Waals surface area contributed by atoms with Gasteiger partial charge in [0.05, 0.1) is 0 Å². The summed E-state index contributed by atoms with van der Waals surface area (Å²) in [5.74, 6) is 0.759. The van der Waals surface area contributed by atoms with Crippen molar-refractivity contribution in [3.63, 3.8) is 0 Å². The van der Waals surface area contributed by atoms with Gasteiger partial charge in [-0.1, -0.05) is 38.3 Å². The van der Waals surface area contributed by atoms with Crippen molar-refractivity contribution in [1.82, 2.24) is 5.32 Å². The summed E-state index contributed by atoms with van der Waals surface area (Å²) in [6, 6.07) is 8.17. The molecule has 1 aromatic carbocycles. The normalized spacial score (nSPS) is 15.9. The minimum Gasteiger partial charge on any atom is -0.326 e. The van der Waals surface area contributed by atoms with E-state index >= 15 is 0 Å². The van der Waals surface area contributed by atoms with Crippen LogP contribution in [-0.2, 0) is 11.3 Å². The Kier molecular flexibility index (Phi) is 6.74. The molecule has 116 valence electrons. The Morgan fingerprint density at radius 2 is 1.86 bits per heavy atom. The van der Waals surface area contributed by atoms with Gasteiger partial charge in [0.15, 0.2) is 0 Å². The fourth-order valence-corrected chi connectivity index (χ4v) is 2.98. The van der Waals surface area contributed by atoms with Gasteiger partial charge in [0.2, 0.25) is 5.91 Å². The van der Waals surface area contributed by atoms with Crippen LogP contribution in [0.2, 0.25) is 0 Å². The Morgan fingerprint density at radius 1 is 1.14 bits per heavy atom. The van der Waals surface area contributed by atoms with Crippen molar-refractivity contribution in [1.29, 1.82) is 0 Å². The first kappa shape index (κ1) is 16.0. The molecule has 0 unspecified atom stereocenters. The van der Waals surface area contributed by atoms with E-state index in [2.05, 4.69) is 29.7 Å². The molecule has 21 heavy (non-hydrogen) atoms. The first-order valence-corrected chi connectivity index (χ1v) is 8.37. The van der Waals surface area contributed by atoms with Crippen molar-refractivity contribution in [3.05, 3.63) is 29.8 Å². The summed E-state index contributed by atoms with van der Waals surface area (Å²) >= 11 is 0. The molecule has 2 N–H and O–H groups in total. The number of rotatable bonds is 7. The Labute approximate surface area is 128 Å². The van der Waals surface area contributed by atoms with Crippen LogP contribution in [0.5, 0.6) is 0 Å². The van der Waals surface area contributed by atoms with Crippen LogP contribution in [0.3, 0.4) is 0 Å². The third-order valence-corrected chi connectivity index (χ3v) is 4.19. The number of benzene rings is 1. The van der Waals surface area contributed by atoms with Crippen LogP contribution in [0, 0.1) is 5.92 Å². The van der Waals surface area contributed by atoms with Crippen LogP contribution in [0.4, 0.5) is 5.69 Å². The van der Waals surface area contributed by atoms with Crippen molar-refractivity contribution in [2.75, 3.05) is 11.9 Å². The largest absolute Gasteiger partial charge is 0.326 e. The van der Waals surface area contributed by atoms with E-state index in [-0.39, 0.29) is 5.91 Å². The minimum atomic E-state index is 0.166. The van der Waals surface area contributed by atoms with Crippen molar-refractivity contribution in [2.24, 2.45) is 5.92 Å². The molecule has 0 aliphatic heterocycles. The van der Waals surface area contributed by atoms with E-state index in [1.54, 1.807) is 0 Å². The maximum atomic E-state index is 12.1. The molecule has 1 aliphatic rings. The molecule has 1 fully saturated rings. The fourth-order valence-electron chi connectivity index (χ4n) is 2.98. The molecule has 3 nitrogen and oxygen atoms in total. The first-order chi connectivity index (χ1) is 10.3.